The molecule has 0 atom stereocenters. The van der Waals surface area contributed by atoms with E-state index in [2.05, 4.69) is 46.8 Å². The van der Waals surface area contributed by atoms with E-state index < -0.39 is 0 Å². The van der Waals surface area contributed by atoms with Gasteiger partial charge in [-0.2, -0.15) is 5.10 Å². The van der Waals surface area contributed by atoms with Crippen molar-refractivity contribution in [3.8, 4) is 11.1 Å². The SMILES string of the molecule is Cc1cc(-c2ccccc2)cc2cc(C(=O)NCCc3ccccc3)nn12. The maximum absolute atomic E-state index is 12.5. The first-order chi connectivity index (χ1) is 13.2. The minimum atomic E-state index is -0.143. The molecular formula is C23H21N3O. The minimum absolute atomic E-state index is 0.143. The number of carbonyl (C=O) groups excluding carboxylic acids is 1. The van der Waals surface area contributed by atoms with Crippen LogP contribution in [0.2, 0.25) is 0 Å². The lowest BCUT2D eigenvalue weighted by Crippen LogP contribution is -2.26. The van der Waals surface area contributed by atoms with Gasteiger partial charge in [-0.1, -0.05) is 60.7 Å². The van der Waals surface area contributed by atoms with Gasteiger partial charge in [-0.15, -0.1) is 0 Å². The number of amides is 1. The van der Waals surface area contributed by atoms with Crippen molar-refractivity contribution in [1.82, 2.24) is 14.9 Å². The second kappa shape index (κ2) is 7.46. The summed E-state index contributed by atoms with van der Waals surface area (Å²) < 4.78 is 1.82. The van der Waals surface area contributed by atoms with Crippen LogP contribution in [0.25, 0.3) is 16.6 Å². The molecule has 2 heterocycles. The number of fused-ring (bicyclic) bond motifs is 1. The van der Waals surface area contributed by atoms with E-state index in [1.807, 2.05) is 53.9 Å². The van der Waals surface area contributed by atoms with Crippen molar-refractivity contribution in [1.29, 1.82) is 0 Å². The molecule has 2 aromatic carbocycles. The summed E-state index contributed by atoms with van der Waals surface area (Å²) in [5, 5.41) is 7.44. The van der Waals surface area contributed by atoms with Gasteiger partial charge in [-0.25, -0.2) is 4.52 Å². The van der Waals surface area contributed by atoms with Crippen LogP contribution in [-0.4, -0.2) is 22.1 Å². The molecular weight excluding hydrogens is 334 g/mol. The predicted molar refractivity (Wildman–Crippen MR) is 108 cm³/mol. The molecule has 0 spiro atoms. The van der Waals surface area contributed by atoms with Gasteiger partial charge >= 0.3 is 0 Å². The number of nitrogens with zero attached hydrogens (tertiary/aromatic N) is 2. The minimum Gasteiger partial charge on any atom is -0.350 e. The van der Waals surface area contributed by atoms with Gasteiger partial charge in [0.05, 0.1) is 5.52 Å². The van der Waals surface area contributed by atoms with Crippen LogP contribution in [-0.2, 0) is 6.42 Å². The van der Waals surface area contributed by atoms with Crippen LogP contribution in [0.5, 0.6) is 0 Å². The van der Waals surface area contributed by atoms with E-state index in [1.165, 1.54) is 5.56 Å². The van der Waals surface area contributed by atoms with Gasteiger partial charge in [-0.05, 0) is 48.2 Å². The molecule has 0 unspecified atom stereocenters. The van der Waals surface area contributed by atoms with Crippen molar-refractivity contribution in [3.63, 3.8) is 0 Å². The largest absolute Gasteiger partial charge is 0.350 e. The van der Waals surface area contributed by atoms with Crippen LogP contribution in [0.15, 0.2) is 78.9 Å². The number of carbonyl (C=O) groups is 1. The zero-order chi connectivity index (χ0) is 18.6. The average molecular weight is 355 g/mol. The van der Waals surface area contributed by atoms with Gasteiger partial charge in [0.15, 0.2) is 5.69 Å². The van der Waals surface area contributed by atoms with Gasteiger partial charge in [-0.3, -0.25) is 4.79 Å². The number of pyridine rings is 1. The summed E-state index contributed by atoms with van der Waals surface area (Å²) in [5.74, 6) is -0.143. The van der Waals surface area contributed by atoms with Crippen molar-refractivity contribution in [2.75, 3.05) is 6.54 Å². The van der Waals surface area contributed by atoms with Gasteiger partial charge in [0.2, 0.25) is 0 Å². The predicted octanol–water partition coefficient (Wildman–Crippen LogP) is 4.28. The Hall–Kier alpha value is -3.40. The molecule has 134 valence electrons. The van der Waals surface area contributed by atoms with Crippen molar-refractivity contribution in [3.05, 3.63) is 95.8 Å². The van der Waals surface area contributed by atoms with Crippen molar-refractivity contribution in [2.24, 2.45) is 0 Å². The van der Waals surface area contributed by atoms with Gasteiger partial charge < -0.3 is 5.32 Å². The quantitative estimate of drug-likeness (QED) is 0.581. The lowest BCUT2D eigenvalue weighted by Gasteiger charge is -2.05. The van der Waals surface area contributed by atoms with Gasteiger partial charge in [0.1, 0.15) is 0 Å². The molecule has 1 amide bonds. The highest BCUT2D eigenvalue weighted by Crippen LogP contribution is 2.23. The fourth-order valence-electron chi connectivity index (χ4n) is 3.23. The molecule has 0 radical (unpaired) electrons. The Morgan fingerprint density at radius 1 is 0.926 bits per heavy atom. The summed E-state index contributed by atoms with van der Waals surface area (Å²) in [4.78, 5) is 12.5. The molecule has 0 aliphatic heterocycles. The number of aromatic nitrogens is 2. The first-order valence-corrected chi connectivity index (χ1v) is 9.09. The third-order valence-corrected chi connectivity index (χ3v) is 4.62. The van der Waals surface area contributed by atoms with Crippen LogP contribution in [0.1, 0.15) is 21.7 Å². The molecule has 4 rings (SSSR count). The molecule has 0 aliphatic carbocycles. The highest BCUT2D eigenvalue weighted by molar-refractivity contribution is 5.93. The molecule has 0 saturated heterocycles. The molecule has 4 aromatic rings. The number of hydrogen-bond donors (Lipinski definition) is 1. The van der Waals surface area contributed by atoms with E-state index in [1.54, 1.807) is 0 Å². The monoisotopic (exact) mass is 355 g/mol. The van der Waals surface area contributed by atoms with Gasteiger partial charge in [0.25, 0.3) is 5.91 Å². The third-order valence-electron chi connectivity index (χ3n) is 4.62. The fourth-order valence-corrected chi connectivity index (χ4v) is 3.23. The summed E-state index contributed by atoms with van der Waals surface area (Å²) in [5.41, 5.74) is 5.83. The second-order valence-electron chi connectivity index (χ2n) is 6.61. The summed E-state index contributed by atoms with van der Waals surface area (Å²) in [6.07, 6.45) is 0.803. The van der Waals surface area contributed by atoms with Gasteiger partial charge in [0, 0.05) is 12.2 Å². The first kappa shape index (κ1) is 17.0. The summed E-state index contributed by atoms with van der Waals surface area (Å²) in [6, 6.07) is 26.3. The van der Waals surface area contributed by atoms with Crippen LogP contribution in [0, 0.1) is 6.92 Å². The van der Waals surface area contributed by atoms with Crippen LogP contribution < -0.4 is 5.32 Å². The van der Waals surface area contributed by atoms with Crippen molar-refractivity contribution < 1.29 is 4.79 Å². The molecule has 0 bridgehead atoms. The lowest BCUT2D eigenvalue weighted by atomic mass is 10.1. The number of hydrogen-bond acceptors (Lipinski definition) is 2. The Bertz CT molecular complexity index is 1070. The Balaban J connectivity index is 1.52. The fraction of sp³-hybridized carbons (Fsp3) is 0.130. The molecule has 27 heavy (non-hydrogen) atoms. The molecule has 0 saturated carbocycles. The number of benzene rings is 2. The van der Waals surface area contributed by atoms with Crippen LogP contribution in [0.4, 0.5) is 0 Å². The number of aryl methyl sites for hydroxylation is 1. The number of nitrogens with one attached hydrogen (secondary N) is 1. The van der Waals surface area contributed by atoms with Crippen molar-refractivity contribution in [2.45, 2.75) is 13.3 Å². The van der Waals surface area contributed by atoms with E-state index in [-0.39, 0.29) is 5.91 Å². The van der Waals surface area contributed by atoms with E-state index in [9.17, 15) is 4.79 Å². The Morgan fingerprint density at radius 2 is 1.63 bits per heavy atom. The maximum Gasteiger partial charge on any atom is 0.271 e. The van der Waals surface area contributed by atoms with Crippen LogP contribution in [0.3, 0.4) is 0 Å². The van der Waals surface area contributed by atoms with Crippen molar-refractivity contribution >= 4 is 11.4 Å². The van der Waals surface area contributed by atoms with E-state index in [4.69, 9.17) is 0 Å². The average Bonchev–Trinajstić information content (AvgIpc) is 3.14. The molecule has 4 nitrogen and oxygen atoms in total. The molecule has 2 aromatic heterocycles. The molecule has 4 heteroatoms. The summed E-state index contributed by atoms with van der Waals surface area (Å²) in [7, 11) is 0. The zero-order valence-electron chi connectivity index (χ0n) is 15.2. The normalized spacial score (nSPS) is 10.9. The standard InChI is InChI=1S/C23H21N3O/c1-17-14-20(19-10-6-3-7-11-19)15-21-16-22(25-26(17)21)23(27)24-13-12-18-8-4-2-5-9-18/h2-11,14-16H,12-13H2,1H3,(H,24,27). The first-order valence-electron chi connectivity index (χ1n) is 9.09. The molecule has 0 fully saturated rings. The lowest BCUT2D eigenvalue weighted by molar-refractivity contribution is 0.0949. The molecule has 0 aliphatic rings. The summed E-state index contributed by atoms with van der Waals surface area (Å²) >= 11 is 0. The highest BCUT2D eigenvalue weighted by Gasteiger charge is 2.12. The Labute approximate surface area is 158 Å². The van der Waals surface area contributed by atoms with Crippen LogP contribution >= 0.6 is 0 Å². The van der Waals surface area contributed by atoms with E-state index in [0.717, 1.165) is 28.8 Å². The third kappa shape index (κ3) is 3.75. The Morgan fingerprint density at radius 3 is 2.37 bits per heavy atom. The molecule has 1 N–H and O–H groups in total. The maximum atomic E-state index is 12.5. The smallest absolute Gasteiger partial charge is 0.271 e. The second-order valence-corrected chi connectivity index (χ2v) is 6.61. The highest BCUT2D eigenvalue weighted by atomic mass is 16.1. The van der Waals surface area contributed by atoms with E-state index in [0.29, 0.717) is 12.2 Å². The summed E-state index contributed by atoms with van der Waals surface area (Å²) in [6.45, 7) is 2.59. The number of rotatable bonds is 5. The topological polar surface area (TPSA) is 46.4 Å². The zero-order valence-corrected chi connectivity index (χ0v) is 15.2. The van der Waals surface area contributed by atoms with E-state index >= 15 is 0 Å². The Kier molecular flexibility index (Phi) is 4.71.